The quantitative estimate of drug-likeness (QED) is 0.348. The van der Waals surface area contributed by atoms with Gasteiger partial charge in [-0.3, -0.25) is 4.99 Å². The van der Waals surface area contributed by atoms with Gasteiger partial charge in [0, 0.05) is 16.1 Å². The van der Waals surface area contributed by atoms with Crippen molar-refractivity contribution >= 4 is 58.8 Å². The molecule has 0 atom stereocenters. The summed E-state index contributed by atoms with van der Waals surface area (Å²) in [6.07, 6.45) is 2.19. The fourth-order valence-electron chi connectivity index (χ4n) is 2.68. The zero-order chi connectivity index (χ0) is 17.2. The summed E-state index contributed by atoms with van der Waals surface area (Å²) >= 11 is 12.2. The highest BCUT2D eigenvalue weighted by Crippen LogP contribution is 2.48. The highest BCUT2D eigenvalue weighted by molar-refractivity contribution is 14.0. The molecular formula is C18H20Cl2IN3O. The first-order chi connectivity index (χ1) is 11.5. The lowest BCUT2D eigenvalue weighted by molar-refractivity contribution is 0.415. The van der Waals surface area contributed by atoms with Crippen molar-refractivity contribution in [1.29, 1.82) is 0 Å². The fraction of sp³-hybridized carbons (Fsp3) is 0.278. The van der Waals surface area contributed by atoms with Gasteiger partial charge in [0.1, 0.15) is 5.75 Å². The highest BCUT2D eigenvalue weighted by atomic mass is 127. The third-order valence-corrected chi connectivity index (χ3v) is 4.80. The first-order valence-corrected chi connectivity index (χ1v) is 8.44. The third kappa shape index (κ3) is 4.92. The Morgan fingerprint density at radius 1 is 1.24 bits per heavy atom. The van der Waals surface area contributed by atoms with E-state index >= 15 is 0 Å². The Bertz CT molecular complexity index is 779. The molecule has 0 heterocycles. The van der Waals surface area contributed by atoms with Crippen LogP contribution >= 0.6 is 47.2 Å². The molecule has 0 saturated heterocycles. The number of rotatable bonds is 5. The van der Waals surface area contributed by atoms with Gasteiger partial charge >= 0.3 is 0 Å². The summed E-state index contributed by atoms with van der Waals surface area (Å²) in [5, 5.41) is 4.33. The fourth-order valence-corrected chi connectivity index (χ4v) is 3.12. The van der Waals surface area contributed by atoms with Crippen molar-refractivity contribution in [3.05, 3.63) is 58.1 Å². The van der Waals surface area contributed by atoms with Crippen molar-refractivity contribution in [2.75, 3.05) is 19.0 Å². The molecule has 0 aliphatic heterocycles. The molecule has 134 valence electrons. The van der Waals surface area contributed by atoms with Gasteiger partial charge in [0.05, 0.1) is 18.7 Å². The van der Waals surface area contributed by atoms with E-state index in [-0.39, 0.29) is 29.4 Å². The molecule has 1 fully saturated rings. The first kappa shape index (κ1) is 20.1. The molecule has 2 aromatic rings. The minimum absolute atomic E-state index is 0. The summed E-state index contributed by atoms with van der Waals surface area (Å²) in [5.74, 6) is 0.986. The number of nitrogens with one attached hydrogen (secondary N) is 1. The lowest BCUT2D eigenvalue weighted by Gasteiger charge is -2.14. The maximum atomic E-state index is 6.11. The Labute approximate surface area is 174 Å². The van der Waals surface area contributed by atoms with Gasteiger partial charge in [-0.2, -0.15) is 0 Å². The summed E-state index contributed by atoms with van der Waals surface area (Å²) in [7, 11) is 1.58. The molecule has 1 saturated carbocycles. The topological polar surface area (TPSA) is 59.6 Å². The van der Waals surface area contributed by atoms with Crippen molar-refractivity contribution < 1.29 is 4.74 Å². The minimum atomic E-state index is 0. The molecule has 1 aliphatic carbocycles. The Kier molecular flexibility index (Phi) is 6.82. The van der Waals surface area contributed by atoms with Gasteiger partial charge in [-0.15, -0.1) is 24.0 Å². The highest BCUT2D eigenvalue weighted by Gasteiger charge is 2.44. The number of guanidine groups is 1. The van der Waals surface area contributed by atoms with E-state index in [0.29, 0.717) is 23.3 Å². The van der Waals surface area contributed by atoms with Crippen LogP contribution in [-0.2, 0) is 5.41 Å². The summed E-state index contributed by atoms with van der Waals surface area (Å²) in [4.78, 5) is 4.50. The maximum absolute atomic E-state index is 6.11. The second-order valence-corrected chi connectivity index (χ2v) is 6.81. The number of methoxy groups -OCH3 is 1. The number of hydrogen-bond acceptors (Lipinski definition) is 2. The van der Waals surface area contributed by atoms with Crippen molar-refractivity contribution in [3.63, 3.8) is 0 Å². The van der Waals surface area contributed by atoms with E-state index in [1.165, 1.54) is 5.56 Å². The number of benzene rings is 2. The minimum Gasteiger partial charge on any atom is -0.495 e. The van der Waals surface area contributed by atoms with Crippen LogP contribution in [0.15, 0.2) is 47.5 Å². The van der Waals surface area contributed by atoms with Gasteiger partial charge in [-0.1, -0.05) is 35.3 Å². The van der Waals surface area contributed by atoms with E-state index in [0.717, 1.165) is 23.6 Å². The lowest BCUT2D eigenvalue weighted by Crippen LogP contribution is -2.25. The molecule has 25 heavy (non-hydrogen) atoms. The van der Waals surface area contributed by atoms with Gasteiger partial charge in [0.25, 0.3) is 0 Å². The van der Waals surface area contributed by atoms with E-state index in [4.69, 9.17) is 33.7 Å². The molecular weight excluding hydrogens is 472 g/mol. The average Bonchev–Trinajstić information content (AvgIpc) is 3.34. The zero-order valence-corrected chi connectivity index (χ0v) is 17.6. The molecule has 0 bridgehead atoms. The van der Waals surface area contributed by atoms with Crippen LogP contribution in [-0.4, -0.2) is 19.6 Å². The molecule has 0 amide bonds. The van der Waals surface area contributed by atoms with Gasteiger partial charge in [-0.05, 0) is 48.7 Å². The summed E-state index contributed by atoms with van der Waals surface area (Å²) in [6, 6.07) is 13.4. The number of ether oxygens (including phenoxy) is 1. The van der Waals surface area contributed by atoms with Crippen molar-refractivity contribution in [2.45, 2.75) is 18.3 Å². The van der Waals surface area contributed by atoms with Gasteiger partial charge < -0.3 is 15.8 Å². The smallest absolute Gasteiger partial charge is 0.193 e. The molecule has 1 aliphatic rings. The maximum Gasteiger partial charge on any atom is 0.193 e. The van der Waals surface area contributed by atoms with E-state index in [1.807, 2.05) is 24.3 Å². The Balaban J connectivity index is 0.00000225. The largest absolute Gasteiger partial charge is 0.495 e. The van der Waals surface area contributed by atoms with Crippen LogP contribution in [0.3, 0.4) is 0 Å². The van der Waals surface area contributed by atoms with Gasteiger partial charge in [-0.25, -0.2) is 0 Å². The van der Waals surface area contributed by atoms with Crippen LogP contribution in [0.5, 0.6) is 5.75 Å². The predicted octanol–water partition coefficient (Wildman–Crippen LogP) is 5.08. The molecule has 3 N–H and O–H groups in total. The van der Waals surface area contributed by atoms with E-state index in [9.17, 15) is 0 Å². The van der Waals surface area contributed by atoms with Gasteiger partial charge in [0.15, 0.2) is 5.96 Å². The molecule has 4 nitrogen and oxygen atoms in total. The normalized spacial score (nSPS) is 15.2. The van der Waals surface area contributed by atoms with Crippen LogP contribution in [0.25, 0.3) is 0 Å². The molecule has 2 aromatic carbocycles. The SMILES string of the molecule is COc1ccc(NC(N)=NCC2(c3cccc(Cl)c3)CC2)cc1Cl.I. The number of nitrogens with zero attached hydrogens (tertiary/aromatic N) is 1. The van der Waals surface area contributed by atoms with Gasteiger partial charge in [0.2, 0.25) is 0 Å². The number of aliphatic imine (C=N–C) groups is 1. The molecule has 0 unspecified atom stereocenters. The average molecular weight is 492 g/mol. The summed E-state index contributed by atoms with van der Waals surface area (Å²) in [5.41, 5.74) is 8.07. The van der Waals surface area contributed by atoms with E-state index in [1.54, 1.807) is 19.2 Å². The van der Waals surface area contributed by atoms with Crippen molar-refractivity contribution in [2.24, 2.45) is 10.7 Å². The third-order valence-electron chi connectivity index (χ3n) is 4.27. The molecule has 7 heteroatoms. The molecule has 3 rings (SSSR count). The number of halogens is 3. The van der Waals surface area contributed by atoms with E-state index in [2.05, 4.69) is 16.4 Å². The molecule has 0 aromatic heterocycles. The standard InChI is InChI=1S/C18H19Cl2N3O.HI/c1-24-16-6-5-14(10-15(16)20)23-17(21)22-11-18(7-8-18)12-3-2-4-13(19)9-12;/h2-6,9-10H,7-8,11H2,1H3,(H3,21,22,23);1H. The van der Waals surface area contributed by atoms with Crippen LogP contribution in [0.4, 0.5) is 5.69 Å². The summed E-state index contributed by atoms with van der Waals surface area (Å²) in [6.45, 7) is 0.635. The number of anilines is 1. The second-order valence-electron chi connectivity index (χ2n) is 5.97. The van der Waals surface area contributed by atoms with Crippen LogP contribution < -0.4 is 15.8 Å². The zero-order valence-electron chi connectivity index (χ0n) is 13.8. The van der Waals surface area contributed by atoms with Crippen LogP contribution in [0.2, 0.25) is 10.0 Å². The Morgan fingerprint density at radius 2 is 2.00 bits per heavy atom. The van der Waals surface area contributed by atoms with Crippen LogP contribution in [0.1, 0.15) is 18.4 Å². The summed E-state index contributed by atoms with van der Waals surface area (Å²) < 4.78 is 5.13. The Morgan fingerprint density at radius 3 is 2.60 bits per heavy atom. The van der Waals surface area contributed by atoms with Crippen molar-refractivity contribution in [1.82, 2.24) is 0 Å². The predicted molar refractivity (Wildman–Crippen MR) is 116 cm³/mol. The lowest BCUT2D eigenvalue weighted by atomic mass is 9.96. The molecule has 0 spiro atoms. The number of nitrogens with two attached hydrogens (primary N) is 1. The molecule has 0 radical (unpaired) electrons. The Hall–Kier alpha value is -1.18. The first-order valence-electron chi connectivity index (χ1n) is 7.69. The van der Waals surface area contributed by atoms with Crippen molar-refractivity contribution in [3.8, 4) is 5.75 Å². The second kappa shape index (κ2) is 8.47. The van der Waals surface area contributed by atoms with Crippen LogP contribution in [0, 0.1) is 0 Å². The van der Waals surface area contributed by atoms with E-state index < -0.39 is 0 Å². The monoisotopic (exact) mass is 491 g/mol. The number of hydrogen-bond donors (Lipinski definition) is 2.